The Balaban J connectivity index is 1.59. The molecule has 1 aromatic carbocycles. The van der Waals surface area contributed by atoms with E-state index in [9.17, 15) is 14.7 Å². The number of amides is 1. The second kappa shape index (κ2) is 7.65. The smallest absolute Gasteiger partial charge is 0.339 e. The first-order valence-electron chi connectivity index (χ1n) is 9.02. The Labute approximate surface area is 179 Å². The van der Waals surface area contributed by atoms with E-state index in [0.29, 0.717) is 17.0 Å². The largest absolute Gasteiger partial charge is 0.478 e. The molecule has 7 heteroatoms. The lowest BCUT2D eigenvalue weighted by Crippen LogP contribution is -2.23. The van der Waals surface area contributed by atoms with E-state index in [2.05, 4.69) is 21.2 Å². The van der Waals surface area contributed by atoms with Crippen LogP contribution < -0.4 is 5.32 Å². The lowest BCUT2D eigenvalue weighted by atomic mass is 9.77. The van der Waals surface area contributed by atoms with Gasteiger partial charge in [-0.15, -0.1) is 11.3 Å². The molecule has 0 spiro atoms. The number of halogens is 1. The summed E-state index contributed by atoms with van der Waals surface area (Å²) in [6, 6.07) is 7.50. The predicted octanol–water partition coefficient (Wildman–Crippen LogP) is 5.87. The average molecular weight is 472 g/mol. The van der Waals surface area contributed by atoms with Gasteiger partial charge in [-0.05, 0) is 23.4 Å². The number of benzene rings is 1. The number of anilines is 1. The third-order valence-electron chi connectivity index (χ3n) is 5.12. The molecule has 0 bridgehead atoms. The van der Waals surface area contributed by atoms with E-state index in [1.54, 1.807) is 6.26 Å². The normalized spacial score (nSPS) is 18.6. The third-order valence-corrected chi connectivity index (χ3v) is 6.60. The monoisotopic (exact) mass is 471 g/mol. The Morgan fingerprint density at radius 3 is 2.86 bits per heavy atom. The molecule has 148 valence electrons. The van der Waals surface area contributed by atoms with E-state index in [0.717, 1.165) is 21.0 Å². The molecule has 0 radical (unpaired) electrons. The van der Waals surface area contributed by atoms with E-state index in [1.807, 2.05) is 54.8 Å². The van der Waals surface area contributed by atoms with Gasteiger partial charge in [0.15, 0.2) is 0 Å². The number of carboxylic acid groups (broad SMARTS) is 1. The van der Waals surface area contributed by atoms with Crippen molar-refractivity contribution in [1.82, 2.24) is 0 Å². The fourth-order valence-corrected chi connectivity index (χ4v) is 4.91. The fourth-order valence-electron chi connectivity index (χ4n) is 3.50. The number of hydrogen-bond acceptors (Lipinski definition) is 4. The van der Waals surface area contributed by atoms with E-state index in [1.165, 1.54) is 11.3 Å². The zero-order valence-electron chi connectivity index (χ0n) is 15.6. The number of fused-ring (bicyclic) bond motifs is 1. The topological polar surface area (TPSA) is 79.5 Å². The summed E-state index contributed by atoms with van der Waals surface area (Å²) in [4.78, 5) is 24.7. The molecule has 0 fully saturated rings. The number of para-hydroxylation sites is 1. The van der Waals surface area contributed by atoms with Crippen molar-refractivity contribution in [2.75, 3.05) is 5.32 Å². The second-order valence-corrected chi connectivity index (χ2v) is 8.98. The number of carboxylic acids is 1. The highest BCUT2D eigenvalue weighted by Crippen LogP contribution is 2.42. The Morgan fingerprint density at radius 2 is 2.14 bits per heavy atom. The molecule has 1 atom stereocenters. The van der Waals surface area contributed by atoms with Crippen molar-refractivity contribution in [3.05, 3.63) is 75.3 Å². The Bertz CT molecular complexity index is 1170. The van der Waals surface area contributed by atoms with Crippen LogP contribution in [0.5, 0.6) is 0 Å². The van der Waals surface area contributed by atoms with Crippen LogP contribution >= 0.6 is 27.3 Å². The summed E-state index contributed by atoms with van der Waals surface area (Å²) in [6.45, 7) is 2.00. The van der Waals surface area contributed by atoms with Crippen molar-refractivity contribution in [2.24, 2.45) is 0 Å². The molecule has 0 saturated heterocycles. The first kappa shape index (κ1) is 19.7. The Morgan fingerprint density at radius 1 is 1.34 bits per heavy atom. The summed E-state index contributed by atoms with van der Waals surface area (Å²) in [5, 5.41) is 15.7. The number of nitrogens with one attached hydrogen (secondary N) is 1. The minimum absolute atomic E-state index is 0.107. The minimum atomic E-state index is -1.05. The molecular weight excluding hydrogens is 454 g/mol. The van der Waals surface area contributed by atoms with Crippen LogP contribution in [-0.4, -0.2) is 17.0 Å². The lowest BCUT2D eigenvalue weighted by Gasteiger charge is -2.27. The number of thiophene rings is 1. The number of aromatic carboxylic acids is 1. The molecule has 5 nitrogen and oxygen atoms in total. The average Bonchev–Trinajstić information content (AvgIpc) is 3.29. The van der Waals surface area contributed by atoms with Crippen molar-refractivity contribution < 1.29 is 19.1 Å². The number of furan rings is 1. The first-order valence-corrected chi connectivity index (χ1v) is 10.7. The van der Waals surface area contributed by atoms with Gasteiger partial charge in [-0.25, -0.2) is 4.79 Å². The van der Waals surface area contributed by atoms with Crippen molar-refractivity contribution in [3.8, 4) is 0 Å². The maximum atomic E-state index is 12.6. The summed E-state index contributed by atoms with van der Waals surface area (Å²) in [7, 11) is 0. The van der Waals surface area contributed by atoms with Crippen molar-refractivity contribution >= 4 is 55.1 Å². The van der Waals surface area contributed by atoms with Crippen molar-refractivity contribution in [2.45, 2.75) is 25.2 Å². The molecule has 2 N–H and O–H groups in total. The molecule has 1 aliphatic rings. The number of hydrogen-bond donors (Lipinski definition) is 2. The maximum Gasteiger partial charge on any atom is 0.339 e. The van der Waals surface area contributed by atoms with Gasteiger partial charge >= 0.3 is 5.97 Å². The standard InChI is InChI=1S/C22H18BrNO4S/c1-22(8-6-14(23)7-9-22)16-12-29-20(19(16)21(26)27)24-18(25)10-13-11-28-17-5-3-2-4-15(13)17/h2-8,11-12H,9-10H2,1H3,(H,24,25)(H,26,27). The Hall–Kier alpha value is -2.64. The quantitative estimate of drug-likeness (QED) is 0.487. The van der Waals surface area contributed by atoms with Crippen LogP contribution in [0.4, 0.5) is 5.00 Å². The Kier molecular flexibility index (Phi) is 5.19. The third kappa shape index (κ3) is 3.80. The maximum absolute atomic E-state index is 12.6. The van der Waals surface area contributed by atoms with Gasteiger partial charge in [0.05, 0.1) is 18.2 Å². The lowest BCUT2D eigenvalue weighted by molar-refractivity contribution is -0.115. The van der Waals surface area contributed by atoms with Gasteiger partial charge < -0.3 is 14.8 Å². The van der Waals surface area contributed by atoms with Gasteiger partial charge in [-0.2, -0.15) is 0 Å². The summed E-state index contributed by atoms with van der Waals surface area (Å²) in [5.74, 6) is -1.33. The molecule has 1 unspecified atom stereocenters. The summed E-state index contributed by atoms with van der Waals surface area (Å²) >= 11 is 4.68. The molecule has 1 aliphatic carbocycles. The number of allylic oxidation sites excluding steroid dienone is 4. The number of carbonyl (C=O) groups excluding carboxylic acids is 1. The predicted molar refractivity (Wildman–Crippen MR) is 118 cm³/mol. The van der Waals surface area contributed by atoms with Crippen molar-refractivity contribution in [3.63, 3.8) is 0 Å². The zero-order valence-corrected chi connectivity index (χ0v) is 18.0. The molecule has 1 amide bonds. The SMILES string of the molecule is CC1(c2csc(NC(=O)Cc3coc4ccccc34)c2C(=O)O)C=CC(Br)=CC1. The van der Waals surface area contributed by atoms with E-state index in [-0.39, 0.29) is 17.9 Å². The molecule has 0 saturated carbocycles. The highest BCUT2D eigenvalue weighted by molar-refractivity contribution is 9.11. The molecular formula is C22H18BrNO4S. The van der Waals surface area contributed by atoms with E-state index < -0.39 is 11.4 Å². The summed E-state index contributed by atoms with van der Waals surface area (Å²) in [6.07, 6.45) is 8.29. The highest BCUT2D eigenvalue weighted by Gasteiger charge is 2.33. The van der Waals surface area contributed by atoms with Crippen LogP contribution in [0.25, 0.3) is 11.0 Å². The minimum Gasteiger partial charge on any atom is -0.478 e. The van der Waals surface area contributed by atoms with Crippen LogP contribution in [0.2, 0.25) is 0 Å². The van der Waals surface area contributed by atoms with Gasteiger partial charge in [0, 0.05) is 20.8 Å². The molecule has 3 aromatic rings. The van der Waals surface area contributed by atoms with Crippen LogP contribution in [0, 0.1) is 0 Å². The van der Waals surface area contributed by atoms with Crippen LogP contribution in [-0.2, 0) is 16.6 Å². The van der Waals surface area contributed by atoms with Crippen LogP contribution in [0.3, 0.4) is 0 Å². The van der Waals surface area contributed by atoms with Crippen LogP contribution in [0.1, 0.15) is 34.8 Å². The van der Waals surface area contributed by atoms with Crippen LogP contribution in [0.15, 0.2) is 63.0 Å². The molecule has 4 rings (SSSR count). The van der Waals surface area contributed by atoms with Gasteiger partial charge in [-0.1, -0.05) is 59.3 Å². The second-order valence-electron chi connectivity index (χ2n) is 7.18. The van der Waals surface area contributed by atoms with Crippen molar-refractivity contribution in [1.29, 1.82) is 0 Å². The highest BCUT2D eigenvalue weighted by atomic mass is 79.9. The van der Waals surface area contributed by atoms with Gasteiger partial charge in [0.25, 0.3) is 0 Å². The molecule has 2 heterocycles. The number of carbonyl (C=O) groups is 2. The number of rotatable bonds is 5. The first-order chi connectivity index (χ1) is 13.9. The van der Waals surface area contributed by atoms with Gasteiger partial charge in [0.1, 0.15) is 10.6 Å². The fraction of sp³-hybridized carbons (Fsp3) is 0.182. The molecule has 2 aromatic heterocycles. The summed E-state index contributed by atoms with van der Waals surface area (Å²) in [5.41, 5.74) is 1.90. The molecule has 29 heavy (non-hydrogen) atoms. The van der Waals surface area contributed by atoms with E-state index >= 15 is 0 Å². The summed E-state index contributed by atoms with van der Waals surface area (Å²) < 4.78 is 6.45. The van der Waals surface area contributed by atoms with Gasteiger partial charge in [-0.3, -0.25) is 4.79 Å². The molecule has 0 aliphatic heterocycles. The van der Waals surface area contributed by atoms with E-state index in [4.69, 9.17) is 4.42 Å². The van der Waals surface area contributed by atoms with Gasteiger partial charge in [0.2, 0.25) is 5.91 Å². The zero-order chi connectivity index (χ0) is 20.6.